The van der Waals surface area contributed by atoms with E-state index in [2.05, 4.69) is 5.32 Å². The number of halogens is 4. The molecule has 0 aliphatic heterocycles. The highest BCUT2D eigenvalue weighted by Gasteiger charge is 2.41. The van der Waals surface area contributed by atoms with E-state index in [1.807, 2.05) is 0 Å². The van der Waals surface area contributed by atoms with Gasteiger partial charge in [-0.3, -0.25) is 0 Å². The van der Waals surface area contributed by atoms with Gasteiger partial charge >= 0.3 is 6.18 Å². The topological polar surface area (TPSA) is 21.3 Å². The monoisotopic (exact) mass is 251 g/mol. The van der Waals surface area contributed by atoms with Crippen LogP contribution in [0.4, 0.5) is 17.6 Å². The molecule has 1 unspecified atom stereocenters. The Bertz CT molecular complexity index is 378. The third kappa shape index (κ3) is 3.33. The van der Waals surface area contributed by atoms with Gasteiger partial charge in [0.1, 0.15) is 11.6 Å². The molecule has 0 aliphatic carbocycles. The fourth-order valence-corrected chi connectivity index (χ4v) is 1.52. The molecule has 0 saturated heterocycles. The molecule has 6 heteroatoms. The van der Waals surface area contributed by atoms with Crippen LogP contribution in [-0.4, -0.2) is 26.9 Å². The van der Waals surface area contributed by atoms with Gasteiger partial charge in [0.05, 0.1) is 13.0 Å². The van der Waals surface area contributed by atoms with Gasteiger partial charge in [0.15, 0.2) is 0 Å². The Morgan fingerprint density at radius 2 is 2.00 bits per heavy atom. The smallest absolute Gasteiger partial charge is 0.397 e. The maximum atomic E-state index is 13.5. The summed E-state index contributed by atoms with van der Waals surface area (Å²) < 4.78 is 56.4. The molecule has 1 rings (SSSR count). The van der Waals surface area contributed by atoms with Crippen molar-refractivity contribution < 1.29 is 22.3 Å². The molecule has 0 spiro atoms. The third-order valence-corrected chi connectivity index (χ3v) is 2.39. The zero-order valence-electron chi connectivity index (χ0n) is 9.44. The van der Waals surface area contributed by atoms with Gasteiger partial charge in [-0.2, -0.15) is 13.2 Å². The van der Waals surface area contributed by atoms with Crippen LogP contribution in [-0.2, 0) is 0 Å². The molecule has 1 aromatic carbocycles. The molecular formula is C11H13F4NO. The van der Waals surface area contributed by atoms with E-state index in [-0.39, 0.29) is 17.9 Å². The second-order valence-corrected chi connectivity index (χ2v) is 3.54. The van der Waals surface area contributed by atoms with E-state index in [1.165, 1.54) is 20.2 Å². The highest BCUT2D eigenvalue weighted by atomic mass is 19.4. The summed E-state index contributed by atoms with van der Waals surface area (Å²) in [6.45, 7) is -0.368. The van der Waals surface area contributed by atoms with Crippen molar-refractivity contribution >= 4 is 0 Å². The van der Waals surface area contributed by atoms with E-state index in [0.717, 1.165) is 12.1 Å². The van der Waals surface area contributed by atoms with E-state index in [9.17, 15) is 17.6 Å². The predicted molar refractivity (Wildman–Crippen MR) is 55.7 cm³/mol. The number of methoxy groups -OCH3 is 1. The summed E-state index contributed by atoms with van der Waals surface area (Å²) in [6.07, 6.45) is -4.49. The van der Waals surface area contributed by atoms with Crippen molar-refractivity contribution in [1.29, 1.82) is 0 Å². The molecule has 1 atom stereocenters. The minimum atomic E-state index is -4.49. The fraction of sp³-hybridized carbons (Fsp3) is 0.455. The van der Waals surface area contributed by atoms with Crippen LogP contribution in [0, 0.1) is 5.82 Å². The second kappa shape index (κ2) is 5.35. The van der Waals surface area contributed by atoms with Crippen molar-refractivity contribution in [2.75, 3.05) is 20.7 Å². The lowest BCUT2D eigenvalue weighted by Gasteiger charge is -2.21. The van der Waals surface area contributed by atoms with E-state index in [4.69, 9.17) is 4.74 Å². The van der Waals surface area contributed by atoms with E-state index < -0.39 is 17.9 Å². The van der Waals surface area contributed by atoms with Crippen LogP contribution in [0.2, 0.25) is 0 Å². The largest absolute Gasteiger partial charge is 0.497 e. The molecule has 0 heterocycles. The number of rotatable bonds is 4. The summed E-state index contributed by atoms with van der Waals surface area (Å²) >= 11 is 0. The van der Waals surface area contributed by atoms with Gasteiger partial charge in [-0.15, -0.1) is 0 Å². The summed E-state index contributed by atoms with van der Waals surface area (Å²) in [5.74, 6) is -2.59. The van der Waals surface area contributed by atoms with Crippen molar-refractivity contribution in [1.82, 2.24) is 5.32 Å². The molecule has 0 fully saturated rings. The number of likely N-dealkylation sites (N-methyl/N-ethyl adjacent to an activating group) is 1. The van der Waals surface area contributed by atoms with Gasteiger partial charge in [-0.25, -0.2) is 4.39 Å². The standard InChI is InChI=1S/C11H13F4NO/c1-16-6-9(11(13,14)15)8-4-3-7(17-2)5-10(8)12/h3-5,9,16H,6H2,1-2H3. The molecule has 0 aromatic heterocycles. The molecule has 17 heavy (non-hydrogen) atoms. The molecule has 1 aromatic rings. The lowest BCUT2D eigenvalue weighted by atomic mass is 9.97. The van der Waals surface area contributed by atoms with Crippen molar-refractivity contribution in [3.63, 3.8) is 0 Å². The summed E-state index contributed by atoms with van der Waals surface area (Å²) in [5.41, 5.74) is -0.382. The lowest BCUT2D eigenvalue weighted by Crippen LogP contribution is -2.30. The minimum Gasteiger partial charge on any atom is -0.497 e. The number of benzene rings is 1. The predicted octanol–water partition coefficient (Wildman–Crippen LogP) is 2.70. The zero-order valence-corrected chi connectivity index (χ0v) is 9.44. The molecule has 96 valence electrons. The third-order valence-electron chi connectivity index (χ3n) is 2.39. The second-order valence-electron chi connectivity index (χ2n) is 3.54. The molecular weight excluding hydrogens is 238 g/mol. The number of hydrogen-bond donors (Lipinski definition) is 1. The van der Waals surface area contributed by atoms with Crippen LogP contribution in [0.15, 0.2) is 18.2 Å². The highest BCUT2D eigenvalue weighted by molar-refractivity contribution is 5.32. The fourth-order valence-electron chi connectivity index (χ4n) is 1.52. The first kappa shape index (κ1) is 13.8. The summed E-state index contributed by atoms with van der Waals surface area (Å²) in [7, 11) is 2.71. The molecule has 0 amide bonds. The highest BCUT2D eigenvalue weighted by Crippen LogP contribution is 2.36. The van der Waals surface area contributed by atoms with Crippen molar-refractivity contribution in [2.24, 2.45) is 0 Å². The first-order valence-electron chi connectivity index (χ1n) is 4.95. The van der Waals surface area contributed by atoms with Crippen LogP contribution in [0.5, 0.6) is 5.75 Å². The Balaban J connectivity index is 3.10. The summed E-state index contributed by atoms with van der Waals surface area (Å²) in [5, 5.41) is 2.41. The van der Waals surface area contributed by atoms with E-state index in [1.54, 1.807) is 0 Å². The van der Waals surface area contributed by atoms with Gasteiger partial charge in [-0.05, 0) is 13.1 Å². The Kier molecular flexibility index (Phi) is 4.34. The number of ether oxygens (including phenoxy) is 1. The van der Waals surface area contributed by atoms with Crippen molar-refractivity contribution in [3.8, 4) is 5.75 Å². The minimum absolute atomic E-state index is 0.191. The van der Waals surface area contributed by atoms with Crippen LogP contribution in [0.1, 0.15) is 11.5 Å². The Labute approximate surface area is 96.6 Å². The Morgan fingerprint density at radius 3 is 2.41 bits per heavy atom. The number of hydrogen-bond acceptors (Lipinski definition) is 2. The summed E-state index contributed by atoms with van der Waals surface area (Å²) in [4.78, 5) is 0. The van der Waals surface area contributed by atoms with Gasteiger partial charge < -0.3 is 10.1 Å². The van der Waals surface area contributed by atoms with Crippen molar-refractivity contribution in [3.05, 3.63) is 29.6 Å². The molecule has 0 radical (unpaired) electrons. The molecule has 0 bridgehead atoms. The zero-order chi connectivity index (χ0) is 13.1. The maximum absolute atomic E-state index is 13.5. The molecule has 0 saturated carbocycles. The summed E-state index contributed by atoms with van der Waals surface area (Å²) in [6, 6.07) is 3.36. The maximum Gasteiger partial charge on any atom is 0.397 e. The normalized spacial score (nSPS) is 13.5. The first-order chi connectivity index (χ1) is 7.90. The van der Waals surface area contributed by atoms with Gasteiger partial charge in [0.25, 0.3) is 0 Å². The first-order valence-corrected chi connectivity index (χ1v) is 4.95. The van der Waals surface area contributed by atoms with Crippen LogP contribution < -0.4 is 10.1 Å². The van der Waals surface area contributed by atoms with E-state index >= 15 is 0 Å². The Morgan fingerprint density at radius 1 is 1.35 bits per heavy atom. The van der Waals surface area contributed by atoms with Crippen LogP contribution in [0.25, 0.3) is 0 Å². The van der Waals surface area contributed by atoms with Crippen molar-refractivity contribution in [2.45, 2.75) is 12.1 Å². The molecule has 0 aliphatic rings. The lowest BCUT2D eigenvalue weighted by molar-refractivity contribution is -0.149. The average Bonchev–Trinajstić information content (AvgIpc) is 2.25. The quantitative estimate of drug-likeness (QED) is 0.831. The molecule has 2 nitrogen and oxygen atoms in total. The Hall–Kier alpha value is -1.30. The van der Waals surface area contributed by atoms with Crippen LogP contribution in [0.3, 0.4) is 0 Å². The van der Waals surface area contributed by atoms with E-state index in [0.29, 0.717) is 0 Å². The van der Waals surface area contributed by atoms with Crippen LogP contribution >= 0.6 is 0 Å². The SMILES string of the molecule is CNCC(c1ccc(OC)cc1F)C(F)(F)F. The van der Waals surface area contributed by atoms with Gasteiger partial charge in [0.2, 0.25) is 0 Å². The number of alkyl halides is 3. The average molecular weight is 251 g/mol. The number of nitrogens with one attached hydrogen (secondary N) is 1. The van der Waals surface area contributed by atoms with Gasteiger partial charge in [0, 0.05) is 18.2 Å². The molecule has 1 N–H and O–H groups in total. The van der Waals surface area contributed by atoms with Gasteiger partial charge in [-0.1, -0.05) is 6.07 Å².